The lowest BCUT2D eigenvalue weighted by atomic mass is 9.83. The van der Waals surface area contributed by atoms with Crippen LogP contribution in [0.2, 0.25) is 0 Å². The number of hydrogen-bond donors (Lipinski definition) is 4. The Hall–Kier alpha value is -1.38. The minimum absolute atomic E-state index is 0.114. The Balaban J connectivity index is 1.42. The van der Waals surface area contributed by atoms with Crippen LogP contribution in [0.4, 0.5) is 0 Å². The van der Waals surface area contributed by atoms with Gasteiger partial charge in [0.25, 0.3) is 0 Å². The fourth-order valence-electron chi connectivity index (χ4n) is 7.88. The highest BCUT2D eigenvalue weighted by Gasteiger charge is 2.40. The third-order valence-electron chi connectivity index (χ3n) is 11.4. The molecule has 0 unspecified atom stereocenters. The van der Waals surface area contributed by atoms with Gasteiger partial charge in [-0.1, -0.05) is 72.6 Å². The van der Waals surface area contributed by atoms with Gasteiger partial charge in [0.05, 0.1) is 25.4 Å². The van der Waals surface area contributed by atoms with Crippen molar-refractivity contribution in [1.29, 1.82) is 0 Å². The molecule has 4 N–H and O–H groups in total. The quantitative estimate of drug-likeness (QED) is 0.108. The molecule has 7 atom stereocenters. The average molecular weight is 662 g/mol. The maximum Gasteiger partial charge on any atom is 0.127 e. The van der Waals surface area contributed by atoms with E-state index in [2.05, 4.69) is 55.4 Å². The predicted molar refractivity (Wildman–Crippen MR) is 193 cm³/mol. The molecule has 272 valence electrons. The van der Waals surface area contributed by atoms with Gasteiger partial charge in [-0.15, -0.1) is 0 Å². The zero-order valence-electron chi connectivity index (χ0n) is 31.3. The fraction of sp³-hybridized carbons (Fsp3) is 0.850. The van der Waals surface area contributed by atoms with E-state index in [-0.39, 0.29) is 18.8 Å². The van der Waals surface area contributed by atoms with Crippen molar-refractivity contribution < 1.29 is 29.9 Å². The van der Waals surface area contributed by atoms with Crippen molar-refractivity contribution >= 4 is 0 Å². The highest BCUT2D eigenvalue weighted by atomic mass is 16.5. The van der Waals surface area contributed by atoms with Gasteiger partial charge >= 0.3 is 0 Å². The number of aliphatic hydroxyl groups is 4. The second-order valence-electron chi connectivity index (χ2n) is 16.1. The van der Waals surface area contributed by atoms with Crippen LogP contribution in [0.25, 0.3) is 0 Å². The standard InChI is InChI=1S/C40H71NO6/c1-27(2)15-12-16-28(3)17-13-18-29(4)19-14-21-40(8)22-20-33-32(7)38(30(5)31(6)39(33)47-40)46-24-11-9-10-23-41-25-35(43)37(45)36(44)34(41)26-42/h27-29,34-37,42-45H,9-26H2,1-8H3/t28-,29-,34+,35-,36+,37+,40-/m1/s1. The van der Waals surface area contributed by atoms with Gasteiger partial charge < -0.3 is 29.9 Å². The van der Waals surface area contributed by atoms with Crippen LogP contribution in [-0.2, 0) is 6.42 Å². The molecule has 0 spiro atoms. The van der Waals surface area contributed by atoms with Crippen LogP contribution in [0.1, 0.15) is 140 Å². The molecule has 1 aromatic carbocycles. The molecule has 0 aliphatic carbocycles. The molecule has 0 aromatic heterocycles. The molecule has 3 rings (SSSR count). The number of piperidine rings is 1. The molecular formula is C40H71NO6. The lowest BCUT2D eigenvalue weighted by molar-refractivity contribution is -0.145. The van der Waals surface area contributed by atoms with Gasteiger partial charge in [-0.2, -0.15) is 0 Å². The van der Waals surface area contributed by atoms with E-state index in [4.69, 9.17) is 9.47 Å². The van der Waals surface area contributed by atoms with Gasteiger partial charge in [-0.05, 0) is 114 Å². The van der Waals surface area contributed by atoms with Gasteiger partial charge in [0, 0.05) is 12.1 Å². The lowest BCUT2D eigenvalue weighted by Gasteiger charge is -2.43. The van der Waals surface area contributed by atoms with Gasteiger partial charge in [-0.25, -0.2) is 0 Å². The molecule has 7 heteroatoms. The van der Waals surface area contributed by atoms with E-state index >= 15 is 0 Å². The zero-order valence-corrected chi connectivity index (χ0v) is 31.3. The van der Waals surface area contributed by atoms with Gasteiger partial charge in [0.1, 0.15) is 29.3 Å². The summed E-state index contributed by atoms with van der Waals surface area (Å²) < 4.78 is 13.2. The van der Waals surface area contributed by atoms with Crippen molar-refractivity contribution in [2.45, 2.75) is 175 Å². The first kappa shape index (κ1) is 40.1. The van der Waals surface area contributed by atoms with Crippen molar-refractivity contribution in [3.8, 4) is 11.5 Å². The Labute approximate surface area is 287 Å². The first-order chi connectivity index (χ1) is 22.3. The van der Waals surface area contributed by atoms with Gasteiger partial charge in [0.2, 0.25) is 0 Å². The molecule has 0 radical (unpaired) electrons. The average Bonchev–Trinajstić information content (AvgIpc) is 3.01. The second kappa shape index (κ2) is 19.1. The Morgan fingerprint density at radius 1 is 0.809 bits per heavy atom. The Morgan fingerprint density at radius 2 is 1.45 bits per heavy atom. The maximum atomic E-state index is 10.2. The first-order valence-corrected chi connectivity index (χ1v) is 19.1. The Bertz CT molecular complexity index is 1080. The summed E-state index contributed by atoms with van der Waals surface area (Å²) in [7, 11) is 0. The van der Waals surface area contributed by atoms with Crippen LogP contribution in [0, 0.1) is 38.5 Å². The number of rotatable bonds is 20. The fourth-order valence-corrected chi connectivity index (χ4v) is 7.88. The summed E-state index contributed by atoms with van der Waals surface area (Å²) in [5.74, 6) is 4.54. The second-order valence-corrected chi connectivity index (χ2v) is 16.1. The summed E-state index contributed by atoms with van der Waals surface area (Å²) in [4.78, 5) is 1.89. The Morgan fingerprint density at radius 3 is 2.09 bits per heavy atom. The van der Waals surface area contributed by atoms with Crippen molar-refractivity contribution in [2.75, 3.05) is 26.3 Å². The predicted octanol–water partition coefficient (Wildman–Crippen LogP) is 7.44. The molecule has 47 heavy (non-hydrogen) atoms. The topological polar surface area (TPSA) is 103 Å². The number of aliphatic hydroxyl groups excluding tert-OH is 4. The summed E-state index contributed by atoms with van der Waals surface area (Å²) >= 11 is 0. The van der Waals surface area contributed by atoms with E-state index in [0.29, 0.717) is 13.2 Å². The molecule has 0 saturated carbocycles. The summed E-state index contributed by atoms with van der Waals surface area (Å²) in [5, 5.41) is 39.9. The summed E-state index contributed by atoms with van der Waals surface area (Å²) in [5.41, 5.74) is 4.76. The first-order valence-electron chi connectivity index (χ1n) is 19.1. The van der Waals surface area contributed by atoms with Crippen molar-refractivity contribution in [2.24, 2.45) is 17.8 Å². The van der Waals surface area contributed by atoms with E-state index < -0.39 is 24.4 Å². The highest BCUT2D eigenvalue weighted by Crippen LogP contribution is 2.45. The minimum Gasteiger partial charge on any atom is -0.493 e. The normalized spacial score (nSPS) is 26.2. The smallest absolute Gasteiger partial charge is 0.127 e. The van der Waals surface area contributed by atoms with Crippen molar-refractivity contribution in [3.05, 3.63) is 22.3 Å². The number of ether oxygens (including phenoxy) is 2. The zero-order chi connectivity index (χ0) is 34.7. The summed E-state index contributed by atoms with van der Waals surface area (Å²) in [6.07, 6.45) is 13.2. The van der Waals surface area contributed by atoms with Crippen LogP contribution in [0.5, 0.6) is 11.5 Å². The summed E-state index contributed by atoms with van der Waals surface area (Å²) in [6, 6.07) is -0.547. The number of benzene rings is 1. The molecular weight excluding hydrogens is 590 g/mol. The van der Waals surface area contributed by atoms with Crippen LogP contribution in [-0.4, -0.2) is 81.6 Å². The van der Waals surface area contributed by atoms with E-state index in [0.717, 1.165) is 73.3 Å². The monoisotopic (exact) mass is 662 g/mol. The van der Waals surface area contributed by atoms with E-state index in [1.54, 1.807) is 0 Å². The number of hydrogen-bond acceptors (Lipinski definition) is 7. The Kier molecular flexibility index (Phi) is 16.3. The number of nitrogens with zero attached hydrogens (tertiary/aromatic N) is 1. The minimum atomic E-state index is -1.21. The van der Waals surface area contributed by atoms with Crippen LogP contribution in [0.15, 0.2) is 0 Å². The lowest BCUT2D eigenvalue weighted by Crippen LogP contribution is -2.62. The maximum absolute atomic E-state index is 10.2. The molecule has 2 aliphatic rings. The number of β-amino-alcohol motifs (C(OH)–C–C–N with tert-alkyl or cyclic N) is 1. The largest absolute Gasteiger partial charge is 0.493 e. The number of fused-ring (bicyclic) bond motifs is 1. The van der Waals surface area contributed by atoms with E-state index in [1.165, 1.54) is 68.1 Å². The summed E-state index contributed by atoms with van der Waals surface area (Å²) in [6.45, 7) is 19.6. The molecule has 2 heterocycles. The molecule has 0 bridgehead atoms. The SMILES string of the molecule is Cc1c(C)c2c(c(C)c1OCCCCCN1C[C@@H](O)[C@H](O)[C@@H](O)[C@@H]1CO)CC[C@@](C)(CCC[C@H](C)CCC[C@H](C)CCCC(C)C)O2. The third kappa shape index (κ3) is 11.6. The van der Waals surface area contributed by atoms with Crippen molar-refractivity contribution in [1.82, 2.24) is 4.90 Å². The van der Waals surface area contributed by atoms with Crippen LogP contribution >= 0.6 is 0 Å². The van der Waals surface area contributed by atoms with Gasteiger partial charge in [-0.3, -0.25) is 4.90 Å². The molecule has 7 nitrogen and oxygen atoms in total. The molecule has 2 aliphatic heterocycles. The van der Waals surface area contributed by atoms with E-state index in [9.17, 15) is 20.4 Å². The van der Waals surface area contributed by atoms with Crippen LogP contribution < -0.4 is 9.47 Å². The van der Waals surface area contributed by atoms with Crippen LogP contribution in [0.3, 0.4) is 0 Å². The number of likely N-dealkylation sites (tertiary alicyclic amines) is 1. The molecule has 1 saturated heterocycles. The highest BCUT2D eigenvalue weighted by molar-refractivity contribution is 5.59. The van der Waals surface area contributed by atoms with Crippen molar-refractivity contribution in [3.63, 3.8) is 0 Å². The molecule has 0 amide bonds. The third-order valence-corrected chi connectivity index (χ3v) is 11.4. The van der Waals surface area contributed by atoms with Gasteiger partial charge in [0.15, 0.2) is 0 Å². The number of unbranched alkanes of at least 4 members (excludes halogenated alkanes) is 2. The van der Waals surface area contributed by atoms with E-state index in [1.807, 2.05) is 4.90 Å². The molecule has 1 fully saturated rings. The molecule has 1 aromatic rings.